The Balaban J connectivity index is 2.62. The predicted molar refractivity (Wildman–Crippen MR) is 117 cm³/mol. The minimum atomic E-state index is -2.65. The third-order valence-corrected chi connectivity index (χ3v) is 11.6. The van der Waals surface area contributed by atoms with Crippen molar-refractivity contribution in [3.05, 3.63) is 70.8 Å². The van der Waals surface area contributed by atoms with Crippen LogP contribution in [0.5, 0.6) is 0 Å². The highest BCUT2D eigenvalue weighted by Crippen LogP contribution is 2.40. The maximum atomic E-state index is 11.3. The minimum Gasteiger partial charge on any atom is -0.308 e. The largest absolute Gasteiger partial charge is 0.339 e. The van der Waals surface area contributed by atoms with Gasteiger partial charge in [0.2, 0.25) is 0 Å². The molecule has 8 heteroatoms. The van der Waals surface area contributed by atoms with Crippen LogP contribution in [-0.2, 0) is 19.4 Å². The first kappa shape index (κ1) is 23.6. The van der Waals surface area contributed by atoms with E-state index in [1.165, 1.54) is 6.92 Å². The van der Waals surface area contributed by atoms with Crippen LogP contribution in [0.3, 0.4) is 0 Å². The van der Waals surface area contributed by atoms with Crippen LogP contribution in [0.25, 0.3) is 0 Å². The summed E-state index contributed by atoms with van der Waals surface area (Å²) in [6.45, 7) is 9.27. The molecule has 1 unspecified atom stereocenters. The molecule has 0 amide bonds. The summed E-state index contributed by atoms with van der Waals surface area (Å²) in [6.07, 6.45) is -1.76. The van der Waals surface area contributed by atoms with Crippen molar-refractivity contribution in [2.75, 3.05) is 0 Å². The van der Waals surface area contributed by atoms with E-state index in [1.807, 2.05) is 36.4 Å². The monoisotopic (exact) mass is 431 g/mol. The number of benzene rings is 2. The molecule has 0 N–H and O–H groups in total. The summed E-state index contributed by atoms with van der Waals surface area (Å²) in [5.41, 5.74) is 0. The minimum absolute atomic E-state index is 0.213. The number of rotatable bonds is 9. The van der Waals surface area contributed by atoms with E-state index in [0.29, 0.717) is 6.04 Å². The van der Waals surface area contributed by atoms with Gasteiger partial charge in [0.15, 0.2) is 0 Å². The van der Waals surface area contributed by atoms with E-state index in [0.717, 1.165) is 10.4 Å². The molecule has 0 spiro atoms. The Morgan fingerprint density at radius 1 is 1.03 bits per heavy atom. The Bertz CT molecular complexity index is 798. The van der Waals surface area contributed by atoms with Crippen LogP contribution in [0.15, 0.2) is 60.7 Å². The molecule has 0 heterocycles. The first-order chi connectivity index (χ1) is 14.1. The van der Waals surface area contributed by atoms with Crippen molar-refractivity contribution >= 4 is 24.4 Å². The van der Waals surface area contributed by atoms with Gasteiger partial charge in [0, 0.05) is 6.92 Å². The second kappa shape index (κ2) is 9.86. The summed E-state index contributed by atoms with van der Waals surface area (Å²) in [5.74, 6) is -0.632. The number of nitrogens with zero attached hydrogens (tertiary/aromatic N) is 1. The lowest BCUT2D eigenvalue weighted by molar-refractivity contribution is -0.770. The molecule has 7 nitrogen and oxygen atoms in total. The lowest BCUT2D eigenvalue weighted by Gasteiger charge is -2.46. The van der Waals surface area contributed by atoms with Gasteiger partial charge in [-0.05, 0) is 18.0 Å². The van der Waals surface area contributed by atoms with E-state index >= 15 is 0 Å². The molecule has 0 aliphatic carbocycles. The van der Waals surface area contributed by atoms with Crippen LogP contribution < -0.4 is 10.4 Å². The van der Waals surface area contributed by atoms with Gasteiger partial charge < -0.3 is 4.84 Å². The van der Waals surface area contributed by atoms with Crippen LogP contribution >= 0.6 is 0 Å². The third-order valence-electron chi connectivity index (χ3n) is 5.38. The van der Waals surface area contributed by atoms with Crippen LogP contribution in [0.4, 0.5) is 0 Å². The second-order valence-electron chi connectivity index (χ2n) is 8.34. The maximum Gasteiger partial charge on any atom is 0.339 e. The second-order valence-corrected chi connectivity index (χ2v) is 13.2. The molecule has 2 aromatic carbocycles. The fourth-order valence-corrected chi connectivity index (χ4v) is 9.61. The summed E-state index contributed by atoms with van der Waals surface area (Å²) in [7, 11) is -2.65. The molecule has 162 valence electrons. The zero-order chi connectivity index (χ0) is 22.4. The average molecular weight is 432 g/mol. The molecule has 0 fully saturated rings. The van der Waals surface area contributed by atoms with Gasteiger partial charge in [0.05, 0.1) is 0 Å². The van der Waals surface area contributed by atoms with Crippen LogP contribution in [0.2, 0.25) is 11.1 Å². The third kappa shape index (κ3) is 5.46. The van der Waals surface area contributed by atoms with Gasteiger partial charge in [-0.3, -0.25) is 4.89 Å². The lowest BCUT2D eigenvalue weighted by atomic mass is 10.2. The molecule has 2 atom stereocenters. The molecule has 2 aromatic rings. The zero-order valence-electron chi connectivity index (χ0n) is 18.0. The molecule has 0 bridgehead atoms. The molecule has 2 rings (SSSR count). The Morgan fingerprint density at radius 3 is 1.87 bits per heavy atom. The molecule has 0 saturated carbocycles. The SMILES string of the molecule is CC(=O)OOC(C)[C@@H](C[Si](c1ccccc1)(c1ccccc1)C(C)(C)C)O[N+](=O)[O-]. The average Bonchev–Trinajstić information content (AvgIpc) is 2.69. The fraction of sp³-hybridized carbons (Fsp3) is 0.409. The number of carbonyl (C=O) groups excluding carboxylic acids is 1. The van der Waals surface area contributed by atoms with E-state index < -0.39 is 31.3 Å². The van der Waals surface area contributed by atoms with Crippen LogP contribution in [-0.4, -0.2) is 31.3 Å². The highest BCUT2D eigenvalue weighted by atomic mass is 28.3. The summed E-state index contributed by atoms with van der Waals surface area (Å²) < 4.78 is 0. The van der Waals surface area contributed by atoms with Crippen LogP contribution in [0, 0.1) is 10.1 Å². The maximum absolute atomic E-state index is 11.3. The van der Waals surface area contributed by atoms with Crippen molar-refractivity contribution in [1.29, 1.82) is 0 Å². The summed E-state index contributed by atoms with van der Waals surface area (Å²) in [4.78, 5) is 37.3. The van der Waals surface area contributed by atoms with Crippen molar-refractivity contribution in [2.24, 2.45) is 0 Å². The molecular formula is C22H29NO6Si. The summed E-state index contributed by atoms with van der Waals surface area (Å²) in [6, 6.07) is 20.5. The summed E-state index contributed by atoms with van der Waals surface area (Å²) in [5, 5.41) is 12.6. The molecule has 0 radical (unpaired) electrons. The van der Waals surface area contributed by atoms with Gasteiger partial charge in [0.1, 0.15) is 20.3 Å². The molecule has 0 saturated heterocycles. The van der Waals surface area contributed by atoms with Gasteiger partial charge in [-0.2, -0.15) is 4.89 Å². The first-order valence-electron chi connectivity index (χ1n) is 9.84. The topological polar surface area (TPSA) is 87.9 Å². The molecule has 30 heavy (non-hydrogen) atoms. The standard InChI is InChI=1S/C22H29NO6Si/c1-17(28-29-18(2)24)21(27-23(25)26)16-30(22(3,4)5,19-12-8-6-9-13-19)20-14-10-7-11-15-20/h6-15,17,21H,16H2,1-5H3/t17?,21-/m1/s1. The fourth-order valence-electron chi connectivity index (χ4n) is 3.93. The van der Waals surface area contributed by atoms with Crippen LogP contribution in [0.1, 0.15) is 34.6 Å². The van der Waals surface area contributed by atoms with Crippen molar-refractivity contribution in [1.82, 2.24) is 0 Å². The van der Waals surface area contributed by atoms with Crippen molar-refractivity contribution in [2.45, 2.75) is 57.9 Å². The van der Waals surface area contributed by atoms with Crippen molar-refractivity contribution < 1.29 is 24.5 Å². The molecule has 0 aromatic heterocycles. The lowest BCUT2D eigenvalue weighted by Crippen LogP contribution is -2.66. The smallest absolute Gasteiger partial charge is 0.308 e. The molecule has 0 aliphatic heterocycles. The van der Waals surface area contributed by atoms with E-state index in [-0.39, 0.29) is 5.04 Å². The normalized spacial score (nSPS) is 13.9. The molecule has 0 aliphatic rings. The summed E-state index contributed by atoms with van der Waals surface area (Å²) >= 11 is 0. The molecular weight excluding hydrogens is 402 g/mol. The number of hydrogen-bond donors (Lipinski definition) is 0. The quantitative estimate of drug-likeness (QED) is 0.261. The van der Waals surface area contributed by atoms with E-state index in [1.54, 1.807) is 6.92 Å². The highest BCUT2D eigenvalue weighted by molar-refractivity contribution is 7.04. The Morgan fingerprint density at radius 2 is 1.50 bits per heavy atom. The number of carbonyl (C=O) groups is 1. The van der Waals surface area contributed by atoms with E-state index in [9.17, 15) is 14.9 Å². The van der Waals surface area contributed by atoms with Crippen molar-refractivity contribution in [3.8, 4) is 0 Å². The highest BCUT2D eigenvalue weighted by Gasteiger charge is 2.50. The van der Waals surface area contributed by atoms with Gasteiger partial charge in [0.25, 0.3) is 5.09 Å². The van der Waals surface area contributed by atoms with Crippen molar-refractivity contribution in [3.63, 3.8) is 0 Å². The number of hydrogen-bond acceptors (Lipinski definition) is 6. The predicted octanol–water partition coefficient (Wildman–Crippen LogP) is 3.51. The van der Waals surface area contributed by atoms with Gasteiger partial charge in [-0.25, -0.2) is 4.79 Å². The Labute approximate surface area is 178 Å². The van der Waals surface area contributed by atoms with Gasteiger partial charge in [-0.1, -0.05) is 91.8 Å². The first-order valence-corrected chi connectivity index (χ1v) is 12.0. The van der Waals surface area contributed by atoms with E-state index in [2.05, 4.69) is 49.9 Å². The van der Waals surface area contributed by atoms with Gasteiger partial charge >= 0.3 is 5.97 Å². The Kier molecular flexibility index (Phi) is 7.75. The van der Waals surface area contributed by atoms with Gasteiger partial charge in [-0.15, -0.1) is 10.1 Å². The Hall–Kier alpha value is -2.71. The zero-order valence-corrected chi connectivity index (χ0v) is 19.0. The van der Waals surface area contributed by atoms with E-state index in [4.69, 9.17) is 9.73 Å².